The molecule has 0 bridgehead atoms. The van der Waals surface area contributed by atoms with Crippen LogP contribution >= 0.6 is 0 Å². The van der Waals surface area contributed by atoms with Crippen LogP contribution in [0.2, 0.25) is 0 Å². The van der Waals surface area contributed by atoms with E-state index in [1.165, 1.54) is 24.7 Å². The fourth-order valence-electron chi connectivity index (χ4n) is 3.28. The highest BCUT2D eigenvalue weighted by Crippen LogP contribution is 2.19. The Hall–Kier alpha value is -3.42. The third kappa shape index (κ3) is 6.28. The largest absolute Gasteiger partial charge is 0.472 e. The number of aromatic nitrogens is 2. The molecule has 164 valence electrons. The minimum Gasteiger partial charge on any atom is -0.472 e. The molecule has 2 amide bonds. The van der Waals surface area contributed by atoms with Crippen LogP contribution in [0.5, 0.6) is 0 Å². The molecule has 1 atom stereocenters. The molecule has 0 fully saturated rings. The number of aromatic amines is 1. The molecule has 7 nitrogen and oxygen atoms in total. The molecular weight excluding hydrogens is 399 g/mol. The van der Waals surface area contributed by atoms with E-state index >= 15 is 0 Å². The molecule has 2 aromatic heterocycles. The van der Waals surface area contributed by atoms with E-state index < -0.39 is 6.04 Å². The lowest BCUT2D eigenvalue weighted by Crippen LogP contribution is -2.45. The van der Waals surface area contributed by atoms with Crippen LogP contribution in [0.3, 0.4) is 0 Å². The number of rotatable bonds is 10. The monoisotopic (exact) mass is 426 g/mol. The van der Waals surface area contributed by atoms with Crippen molar-refractivity contribution in [3.05, 3.63) is 66.0 Å². The Kier molecular flexibility index (Phi) is 7.59. The third-order valence-corrected chi connectivity index (χ3v) is 5.09. The highest BCUT2D eigenvalue weighted by Gasteiger charge is 2.20. The van der Waals surface area contributed by atoms with Crippen LogP contribution in [0, 0.1) is 5.82 Å². The average molecular weight is 426 g/mol. The smallest absolute Gasteiger partial charge is 0.255 e. The van der Waals surface area contributed by atoms with Crippen molar-refractivity contribution in [3.8, 4) is 11.3 Å². The molecule has 1 aromatic carbocycles. The van der Waals surface area contributed by atoms with Crippen LogP contribution in [-0.2, 0) is 11.2 Å². The zero-order chi connectivity index (χ0) is 22.2. The van der Waals surface area contributed by atoms with E-state index in [-0.39, 0.29) is 17.6 Å². The molecule has 0 saturated heterocycles. The van der Waals surface area contributed by atoms with Crippen molar-refractivity contribution in [3.63, 3.8) is 0 Å². The summed E-state index contributed by atoms with van der Waals surface area (Å²) in [6.45, 7) is 2.29. The Balaban J connectivity index is 1.35. The van der Waals surface area contributed by atoms with E-state index in [0.717, 1.165) is 42.6 Å². The van der Waals surface area contributed by atoms with Crippen LogP contribution in [0.15, 0.2) is 53.3 Å². The minimum absolute atomic E-state index is 0.130. The molecular formula is C23H27FN4O3. The number of halogens is 1. The van der Waals surface area contributed by atoms with Gasteiger partial charge in [-0.15, -0.1) is 0 Å². The van der Waals surface area contributed by atoms with Gasteiger partial charge >= 0.3 is 0 Å². The minimum atomic E-state index is -0.609. The van der Waals surface area contributed by atoms with E-state index in [4.69, 9.17) is 4.42 Å². The predicted octanol–water partition coefficient (Wildman–Crippen LogP) is 3.80. The number of likely N-dealkylation sites (N-methyl/N-ethyl adjacent to an activating group) is 1. The van der Waals surface area contributed by atoms with Crippen molar-refractivity contribution in [2.24, 2.45) is 0 Å². The summed E-state index contributed by atoms with van der Waals surface area (Å²) in [6.07, 6.45) is 6.39. The second kappa shape index (κ2) is 10.6. The van der Waals surface area contributed by atoms with Gasteiger partial charge in [-0.05, 0) is 62.6 Å². The molecule has 0 radical (unpaired) electrons. The van der Waals surface area contributed by atoms with Gasteiger partial charge in [-0.1, -0.05) is 6.42 Å². The van der Waals surface area contributed by atoms with Gasteiger partial charge in [-0.3, -0.25) is 14.7 Å². The molecule has 0 spiro atoms. The lowest BCUT2D eigenvalue weighted by atomic mass is 10.1. The van der Waals surface area contributed by atoms with Gasteiger partial charge < -0.3 is 14.6 Å². The molecule has 31 heavy (non-hydrogen) atoms. The number of furan rings is 1. The Bertz CT molecular complexity index is 983. The Labute approximate surface area is 180 Å². The van der Waals surface area contributed by atoms with Crippen LogP contribution in [-0.4, -0.2) is 46.5 Å². The summed E-state index contributed by atoms with van der Waals surface area (Å²) in [7, 11) is 1.74. The number of carbonyl (C=O) groups excluding carboxylic acids is 2. The lowest BCUT2D eigenvalue weighted by molar-refractivity contribution is -0.131. The molecule has 0 aliphatic heterocycles. The van der Waals surface area contributed by atoms with Crippen LogP contribution in [0.1, 0.15) is 42.2 Å². The average Bonchev–Trinajstić information content (AvgIpc) is 3.46. The maximum Gasteiger partial charge on any atom is 0.255 e. The first-order valence-corrected chi connectivity index (χ1v) is 10.3. The summed E-state index contributed by atoms with van der Waals surface area (Å²) in [5.74, 6) is -0.727. The topological polar surface area (TPSA) is 91.2 Å². The van der Waals surface area contributed by atoms with Crippen LogP contribution in [0.25, 0.3) is 11.3 Å². The Morgan fingerprint density at radius 3 is 2.68 bits per heavy atom. The zero-order valence-corrected chi connectivity index (χ0v) is 17.7. The quantitative estimate of drug-likeness (QED) is 0.483. The number of benzene rings is 1. The van der Waals surface area contributed by atoms with Gasteiger partial charge in [0.25, 0.3) is 5.91 Å². The molecule has 0 aliphatic carbocycles. The number of nitrogens with one attached hydrogen (secondary N) is 2. The number of nitrogens with zero attached hydrogens (tertiary/aromatic N) is 2. The molecule has 3 rings (SSSR count). The van der Waals surface area contributed by atoms with Crippen molar-refractivity contribution >= 4 is 11.8 Å². The highest BCUT2D eigenvalue weighted by molar-refractivity contribution is 5.97. The summed E-state index contributed by atoms with van der Waals surface area (Å²) in [5.41, 5.74) is 3.09. The van der Waals surface area contributed by atoms with E-state index in [1.54, 1.807) is 37.1 Å². The summed E-state index contributed by atoms with van der Waals surface area (Å²) >= 11 is 0. The summed E-state index contributed by atoms with van der Waals surface area (Å²) in [4.78, 5) is 26.1. The standard InChI is InChI=1S/C23H27FN4O3/c1-16(25-22(29)18-11-13-31-15-18)23(30)28(2)12-5-3-4-6-20-14-21(27-26-20)17-7-9-19(24)10-8-17/h7-11,13-16H,3-6,12H2,1-2H3,(H,25,29)(H,26,27). The van der Waals surface area contributed by atoms with Gasteiger partial charge in [-0.2, -0.15) is 5.10 Å². The number of unbranched alkanes of at least 4 members (excludes halogenated alkanes) is 2. The van der Waals surface area contributed by atoms with E-state index in [0.29, 0.717) is 12.1 Å². The van der Waals surface area contributed by atoms with E-state index in [9.17, 15) is 14.0 Å². The van der Waals surface area contributed by atoms with Gasteiger partial charge in [0.15, 0.2) is 0 Å². The first-order chi connectivity index (χ1) is 14.9. The molecule has 0 saturated carbocycles. The fraction of sp³-hybridized carbons (Fsp3) is 0.348. The lowest BCUT2D eigenvalue weighted by Gasteiger charge is -2.22. The van der Waals surface area contributed by atoms with Gasteiger partial charge in [0.2, 0.25) is 5.91 Å². The van der Waals surface area contributed by atoms with Gasteiger partial charge in [0.05, 0.1) is 17.5 Å². The summed E-state index contributed by atoms with van der Waals surface area (Å²) in [6, 6.07) is 9.19. The number of aryl methyl sites for hydroxylation is 1. The second-order valence-electron chi connectivity index (χ2n) is 7.56. The van der Waals surface area contributed by atoms with Crippen molar-refractivity contribution in [1.29, 1.82) is 0 Å². The van der Waals surface area contributed by atoms with Crippen LogP contribution in [0.4, 0.5) is 4.39 Å². The van der Waals surface area contributed by atoms with Gasteiger partial charge in [0, 0.05) is 24.8 Å². The van der Waals surface area contributed by atoms with Crippen LogP contribution < -0.4 is 5.32 Å². The first-order valence-electron chi connectivity index (χ1n) is 10.3. The molecule has 1 unspecified atom stereocenters. The van der Waals surface area contributed by atoms with Crippen molar-refractivity contribution in [2.45, 2.75) is 38.6 Å². The predicted molar refractivity (Wildman–Crippen MR) is 115 cm³/mol. The van der Waals surface area contributed by atoms with Crippen molar-refractivity contribution < 1.29 is 18.4 Å². The van der Waals surface area contributed by atoms with Crippen molar-refractivity contribution in [2.75, 3.05) is 13.6 Å². The first kappa shape index (κ1) is 22.3. The zero-order valence-electron chi connectivity index (χ0n) is 17.7. The number of hydrogen-bond donors (Lipinski definition) is 2. The maximum atomic E-state index is 13.0. The molecule has 0 aliphatic rings. The Morgan fingerprint density at radius 2 is 1.97 bits per heavy atom. The van der Waals surface area contributed by atoms with Gasteiger partial charge in [0.1, 0.15) is 18.1 Å². The number of carbonyl (C=O) groups is 2. The normalized spacial score (nSPS) is 11.8. The number of H-pyrrole nitrogens is 1. The maximum absolute atomic E-state index is 13.0. The molecule has 8 heteroatoms. The fourth-order valence-corrected chi connectivity index (χ4v) is 3.28. The highest BCUT2D eigenvalue weighted by atomic mass is 19.1. The third-order valence-electron chi connectivity index (χ3n) is 5.09. The second-order valence-corrected chi connectivity index (χ2v) is 7.56. The Morgan fingerprint density at radius 1 is 1.19 bits per heavy atom. The number of amides is 2. The molecule has 2 N–H and O–H groups in total. The molecule has 3 aromatic rings. The van der Waals surface area contributed by atoms with E-state index in [1.807, 2.05) is 6.07 Å². The SMILES string of the molecule is CC(NC(=O)c1ccoc1)C(=O)N(C)CCCCCc1cc(-c2ccc(F)cc2)n[nH]1. The van der Waals surface area contributed by atoms with E-state index in [2.05, 4.69) is 15.5 Å². The van der Waals surface area contributed by atoms with Crippen molar-refractivity contribution in [1.82, 2.24) is 20.4 Å². The summed E-state index contributed by atoms with van der Waals surface area (Å²) in [5, 5.41) is 10.00. The summed E-state index contributed by atoms with van der Waals surface area (Å²) < 4.78 is 17.9. The van der Waals surface area contributed by atoms with Gasteiger partial charge in [-0.25, -0.2) is 4.39 Å². The number of hydrogen-bond acceptors (Lipinski definition) is 4. The molecule has 2 heterocycles.